The summed E-state index contributed by atoms with van der Waals surface area (Å²) in [7, 11) is 0. The summed E-state index contributed by atoms with van der Waals surface area (Å²) in [6, 6.07) is 0. The topological polar surface area (TPSA) is 9.23 Å². The monoisotopic (exact) mass is 172 g/mol. The molecule has 0 saturated heterocycles. The molecule has 0 aliphatic carbocycles. The summed E-state index contributed by atoms with van der Waals surface area (Å²) < 4.78 is 5.40. The van der Waals surface area contributed by atoms with Gasteiger partial charge in [0.2, 0.25) is 0 Å². The minimum absolute atomic E-state index is 0.332. The molecule has 0 saturated carbocycles. The van der Waals surface area contributed by atoms with Crippen LogP contribution in [0.15, 0.2) is 12.2 Å². The molecule has 1 unspecified atom stereocenters. The van der Waals surface area contributed by atoms with Crippen LogP contribution < -0.4 is 0 Å². The molecular weight excluding hydrogens is 148 g/mol. The van der Waals surface area contributed by atoms with Crippen LogP contribution in [0.1, 0.15) is 48.0 Å². The number of ether oxygens (including phenoxy) is 1. The fraction of sp³-hybridized carbons (Fsp3) is 0.818. The van der Waals surface area contributed by atoms with Crippen molar-refractivity contribution in [3.8, 4) is 0 Å². The molecule has 0 bridgehead atoms. The maximum Gasteiger partial charge on any atom is 0.0731 e. The Balaban J connectivity index is 0. The van der Waals surface area contributed by atoms with Crippen LogP contribution >= 0.6 is 0 Å². The van der Waals surface area contributed by atoms with Crippen molar-refractivity contribution in [1.29, 1.82) is 0 Å². The quantitative estimate of drug-likeness (QED) is 0.505. The third kappa shape index (κ3) is 7.80. The molecule has 0 amide bonds. The van der Waals surface area contributed by atoms with Crippen molar-refractivity contribution in [3.05, 3.63) is 12.2 Å². The third-order valence-corrected chi connectivity index (χ3v) is 1.32. The average molecular weight is 172 g/mol. The average Bonchev–Trinajstić information content (AvgIpc) is 2.11. The maximum atomic E-state index is 5.40. The maximum absolute atomic E-state index is 5.40. The van der Waals surface area contributed by atoms with Crippen molar-refractivity contribution < 1.29 is 4.74 Å². The van der Waals surface area contributed by atoms with Gasteiger partial charge < -0.3 is 4.74 Å². The van der Waals surface area contributed by atoms with E-state index in [1.807, 2.05) is 27.7 Å². The molecule has 2 atom stereocenters. The van der Waals surface area contributed by atoms with Gasteiger partial charge in [0.25, 0.3) is 0 Å². The lowest BCUT2D eigenvalue weighted by Crippen LogP contribution is -2.17. The van der Waals surface area contributed by atoms with Crippen LogP contribution in [-0.2, 0) is 4.74 Å². The fourth-order valence-corrected chi connectivity index (χ4v) is 0.929. The molecule has 1 aliphatic heterocycles. The van der Waals surface area contributed by atoms with Crippen LogP contribution in [-0.4, -0.2) is 12.2 Å². The molecule has 1 rings (SSSR count). The van der Waals surface area contributed by atoms with E-state index >= 15 is 0 Å². The van der Waals surface area contributed by atoms with Gasteiger partial charge >= 0.3 is 0 Å². The van der Waals surface area contributed by atoms with Gasteiger partial charge in [-0.3, -0.25) is 0 Å². The van der Waals surface area contributed by atoms with Gasteiger partial charge in [-0.1, -0.05) is 39.8 Å². The van der Waals surface area contributed by atoms with Crippen molar-refractivity contribution in [1.82, 2.24) is 0 Å². The Labute approximate surface area is 77.8 Å². The molecule has 0 radical (unpaired) electrons. The Hall–Kier alpha value is -0.300. The summed E-state index contributed by atoms with van der Waals surface area (Å²) in [5.74, 6) is 0. The summed E-state index contributed by atoms with van der Waals surface area (Å²) in [5, 5.41) is 0. The van der Waals surface area contributed by atoms with E-state index in [2.05, 4.69) is 26.0 Å². The normalized spacial score (nSPS) is 26.2. The highest BCUT2D eigenvalue weighted by atomic mass is 16.5. The van der Waals surface area contributed by atoms with Gasteiger partial charge in [-0.25, -0.2) is 0 Å². The van der Waals surface area contributed by atoms with Gasteiger partial charge in [0.1, 0.15) is 0 Å². The molecule has 74 valence electrons. The minimum Gasteiger partial charge on any atom is -0.371 e. The molecule has 0 spiro atoms. The first-order chi connectivity index (χ1) is 5.79. The molecule has 1 heteroatoms. The lowest BCUT2D eigenvalue weighted by Gasteiger charge is -2.19. The smallest absolute Gasteiger partial charge is 0.0731 e. The Kier molecular flexibility index (Phi) is 12.7. The highest BCUT2D eigenvalue weighted by molar-refractivity contribution is 4.92. The first kappa shape index (κ1) is 14.2. The number of hydrogen-bond donors (Lipinski definition) is 0. The first-order valence-corrected chi connectivity index (χ1v) is 5.11. The van der Waals surface area contributed by atoms with Crippen LogP contribution in [0.2, 0.25) is 0 Å². The Morgan fingerprint density at radius 1 is 1.08 bits per heavy atom. The SMILES string of the molecule is CC.CC.CC1C=CC[C@@H](C)O1. The second-order valence-corrected chi connectivity index (χ2v) is 2.32. The zero-order valence-electron chi connectivity index (χ0n) is 9.42. The molecular formula is C11H24O. The molecule has 0 aromatic heterocycles. The molecule has 12 heavy (non-hydrogen) atoms. The van der Waals surface area contributed by atoms with Gasteiger partial charge in [0.05, 0.1) is 12.2 Å². The second kappa shape index (κ2) is 10.7. The lowest BCUT2D eigenvalue weighted by molar-refractivity contribution is 0.0276. The van der Waals surface area contributed by atoms with Crippen LogP contribution in [0, 0.1) is 0 Å². The van der Waals surface area contributed by atoms with Crippen LogP contribution in [0.25, 0.3) is 0 Å². The van der Waals surface area contributed by atoms with Gasteiger partial charge in [0.15, 0.2) is 0 Å². The van der Waals surface area contributed by atoms with E-state index in [-0.39, 0.29) is 0 Å². The van der Waals surface area contributed by atoms with E-state index in [1.54, 1.807) is 0 Å². The van der Waals surface area contributed by atoms with Gasteiger partial charge in [-0.05, 0) is 20.3 Å². The van der Waals surface area contributed by atoms with E-state index in [0.717, 1.165) is 6.42 Å². The van der Waals surface area contributed by atoms with E-state index < -0.39 is 0 Å². The van der Waals surface area contributed by atoms with Crippen LogP contribution in [0.4, 0.5) is 0 Å². The van der Waals surface area contributed by atoms with E-state index in [4.69, 9.17) is 4.74 Å². The van der Waals surface area contributed by atoms with Crippen LogP contribution in [0.5, 0.6) is 0 Å². The van der Waals surface area contributed by atoms with Crippen molar-refractivity contribution in [2.75, 3.05) is 0 Å². The molecule has 1 aliphatic rings. The molecule has 0 fully saturated rings. The zero-order chi connectivity index (χ0) is 9.98. The van der Waals surface area contributed by atoms with E-state index in [1.165, 1.54) is 0 Å². The second-order valence-electron chi connectivity index (χ2n) is 2.32. The first-order valence-electron chi connectivity index (χ1n) is 5.11. The molecule has 1 heterocycles. The lowest BCUT2D eigenvalue weighted by atomic mass is 10.2. The van der Waals surface area contributed by atoms with Crippen molar-refractivity contribution in [2.24, 2.45) is 0 Å². The standard InChI is InChI=1S/C7H12O.2C2H6/c1-6-4-3-5-7(2)8-6;2*1-2/h3-4,6-7H,5H2,1-2H3;2*1-2H3/t6?,7-;;/m1../s1. The highest BCUT2D eigenvalue weighted by Crippen LogP contribution is 2.09. The highest BCUT2D eigenvalue weighted by Gasteiger charge is 2.07. The summed E-state index contributed by atoms with van der Waals surface area (Å²) >= 11 is 0. The Bertz CT molecular complexity index is 97.2. The zero-order valence-corrected chi connectivity index (χ0v) is 9.42. The fourth-order valence-electron chi connectivity index (χ4n) is 0.929. The van der Waals surface area contributed by atoms with Gasteiger partial charge in [-0.15, -0.1) is 0 Å². The molecule has 0 aromatic rings. The van der Waals surface area contributed by atoms with Crippen molar-refractivity contribution in [3.63, 3.8) is 0 Å². The molecule has 0 N–H and O–H groups in total. The largest absolute Gasteiger partial charge is 0.371 e. The minimum atomic E-state index is 0.332. The number of hydrogen-bond acceptors (Lipinski definition) is 1. The molecule has 1 nitrogen and oxygen atoms in total. The predicted molar refractivity (Wildman–Crippen MR) is 56.5 cm³/mol. The predicted octanol–water partition coefficient (Wildman–Crippen LogP) is 3.79. The summed E-state index contributed by atoms with van der Waals surface area (Å²) in [6.07, 6.45) is 6.11. The van der Waals surface area contributed by atoms with E-state index in [0.29, 0.717) is 12.2 Å². The Morgan fingerprint density at radius 2 is 1.58 bits per heavy atom. The summed E-state index contributed by atoms with van der Waals surface area (Å²) in [5.41, 5.74) is 0. The number of rotatable bonds is 0. The Morgan fingerprint density at radius 3 is 1.83 bits per heavy atom. The summed E-state index contributed by atoms with van der Waals surface area (Å²) in [4.78, 5) is 0. The third-order valence-electron chi connectivity index (χ3n) is 1.32. The van der Waals surface area contributed by atoms with E-state index in [9.17, 15) is 0 Å². The van der Waals surface area contributed by atoms with Crippen molar-refractivity contribution in [2.45, 2.75) is 60.2 Å². The van der Waals surface area contributed by atoms with Gasteiger partial charge in [0, 0.05) is 0 Å². The summed E-state index contributed by atoms with van der Waals surface area (Å²) in [6.45, 7) is 12.2. The molecule has 0 aromatic carbocycles. The van der Waals surface area contributed by atoms with Crippen molar-refractivity contribution >= 4 is 0 Å². The van der Waals surface area contributed by atoms with Gasteiger partial charge in [-0.2, -0.15) is 0 Å². The van der Waals surface area contributed by atoms with Crippen LogP contribution in [0.3, 0.4) is 0 Å².